The first-order valence-electron chi connectivity index (χ1n) is 6.82. The molecule has 0 aromatic carbocycles. The monoisotopic (exact) mass is 239 g/mol. The van der Waals surface area contributed by atoms with Crippen LogP contribution in [0.4, 0.5) is 0 Å². The van der Waals surface area contributed by atoms with Crippen LogP contribution in [0.15, 0.2) is 0 Å². The lowest BCUT2D eigenvalue weighted by molar-refractivity contribution is -0.131. The largest absolute Gasteiger partial charge is 0.339 e. The van der Waals surface area contributed by atoms with Crippen molar-refractivity contribution in [2.24, 2.45) is 5.41 Å². The highest BCUT2D eigenvalue weighted by atomic mass is 16.2. The second-order valence-electron chi connectivity index (χ2n) is 5.64. The molecule has 0 aromatic rings. The van der Waals surface area contributed by atoms with Gasteiger partial charge in [0.1, 0.15) is 0 Å². The molecular formula is C13H25N3O. The summed E-state index contributed by atoms with van der Waals surface area (Å²) in [6.45, 7) is 7.56. The molecule has 1 saturated heterocycles. The highest BCUT2D eigenvalue weighted by molar-refractivity contribution is 5.78. The fraction of sp³-hybridized carbons (Fsp3) is 0.923. The van der Waals surface area contributed by atoms with Gasteiger partial charge in [0.05, 0.1) is 6.54 Å². The molecule has 0 radical (unpaired) electrons. The maximum atomic E-state index is 11.9. The van der Waals surface area contributed by atoms with Gasteiger partial charge in [-0.05, 0) is 31.7 Å². The van der Waals surface area contributed by atoms with E-state index in [0.29, 0.717) is 12.0 Å². The van der Waals surface area contributed by atoms with Gasteiger partial charge in [0.2, 0.25) is 5.91 Å². The van der Waals surface area contributed by atoms with Crippen LogP contribution < -0.4 is 5.32 Å². The SMILES string of the molecule is CCC1(CNCC(=O)N2CCN(C)CC2)CC1. The molecule has 0 aromatic heterocycles. The predicted octanol–water partition coefficient (Wildman–Crippen LogP) is 0.540. The Morgan fingerprint density at radius 2 is 1.88 bits per heavy atom. The minimum Gasteiger partial charge on any atom is -0.339 e. The number of carbonyl (C=O) groups is 1. The zero-order chi connectivity index (χ0) is 12.3. The lowest BCUT2D eigenvalue weighted by atomic mass is 10.0. The summed E-state index contributed by atoms with van der Waals surface area (Å²) in [5, 5.41) is 3.34. The fourth-order valence-corrected chi connectivity index (χ4v) is 2.43. The maximum absolute atomic E-state index is 11.9. The summed E-state index contributed by atoms with van der Waals surface area (Å²) in [5.74, 6) is 0.269. The zero-order valence-corrected chi connectivity index (χ0v) is 11.2. The first-order chi connectivity index (χ1) is 8.15. The van der Waals surface area contributed by atoms with Gasteiger partial charge in [0.15, 0.2) is 0 Å². The third kappa shape index (κ3) is 3.42. The van der Waals surface area contributed by atoms with Gasteiger partial charge in [0, 0.05) is 32.7 Å². The summed E-state index contributed by atoms with van der Waals surface area (Å²) in [6, 6.07) is 0. The zero-order valence-electron chi connectivity index (χ0n) is 11.2. The molecule has 1 N–H and O–H groups in total. The lowest BCUT2D eigenvalue weighted by Crippen LogP contribution is -2.49. The second kappa shape index (κ2) is 5.36. The third-order valence-electron chi connectivity index (χ3n) is 4.34. The minimum absolute atomic E-state index is 0.269. The summed E-state index contributed by atoms with van der Waals surface area (Å²) in [4.78, 5) is 16.2. The van der Waals surface area contributed by atoms with Crippen molar-refractivity contribution in [1.82, 2.24) is 15.1 Å². The molecular weight excluding hydrogens is 214 g/mol. The molecule has 0 unspecified atom stereocenters. The van der Waals surface area contributed by atoms with Crippen molar-refractivity contribution in [2.75, 3.05) is 46.3 Å². The Labute approximate surface area is 104 Å². The number of carbonyl (C=O) groups excluding carboxylic acids is 1. The van der Waals surface area contributed by atoms with E-state index in [1.807, 2.05) is 4.90 Å². The van der Waals surface area contributed by atoms with Crippen molar-refractivity contribution in [3.63, 3.8) is 0 Å². The Kier molecular flexibility index (Phi) is 4.05. The molecule has 1 aliphatic heterocycles. The molecule has 0 spiro atoms. The average Bonchev–Trinajstić information content (AvgIpc) is 3.10. The van der Waals surface area contributed by atoms with Gasteiger partial charge in [-0.15, -0.1) is 0 Å². The van der Waals surface area contributed by atoms with Crippen molar-refractivity contribution in [1.29, 1.82) is 0 Å². The molecule has 2 aliphatic rings. The Morgan fingerprint density at radius 3 is 2.41 bits per heavy atom. The van der Waals surface area contributed by atoms with Crippen molar-refractivity contribution in [3.8, 4) is 0 Å². The molecule has 2 rings (SSSR count). The van der Waals surface area contributed by atoms with Crippen LogP contribution >= 0.6 is 0 Å². The number of rotatable bonds is 5. The quantitative estimate of drug-likeness (QED) is 0.760. The molecule has 0 atom stereocenters. The van der Waals surface area contributed by atoms with Gasteiger partial charge in [-0.1, -0.05) is 6.92 Å². The van der Waals surface area contributed by atoms with Crippen molar-refractivity contribution in [2.45, 2.75) is 26.2 Å². The van der Waals surface area contributed by atoms with Crippen LogP contribution in [0, 0.1) is 5.41 Å². The normalized spacial score (nSPS) is 23.8. The van der Waals surface area contributed by atoms with Crippen LogP contribution in [0.1, 0.15) is 26.2 Å². The predicted molar refractivity (Wildman–Crippen MR) is 68.9 cm³/mol. The highest BCUT2D eigenvalue weighted by Crippen LogP contribution is 2.47. The molecule has 0 bridgehead atoms. The molecule has 98 valence electrons. The number of nitrogens with one attached hydrogen (secondary N) is 1. The number of piperazine rings is 1. The van der Waals surface area contributed by atoms with Crippen molar-refractivity contribution < 1.29 is 4.79 Å². The Morgan fingerprint density at radius 1 is 1.24 bits per heavy atom. The Bertz CT molecular complexity index is 268. The van der Waals surface area contributed by atoms with Gasteiger partial charge < -0.3 is 15.1 Å². The van der Waals surface area contributed by atoms with Crippen molar-refractivity contribution in [3.05, 3.63) is 0 Å². The van der Waals surface area contributed by atoms with Gasteiger partial charge >= 0.3 is 0 Å². The molecule has 1 saturated carbocycles. The summed E-state index contributed by atoms with van der Waals surface area (Å²) in [5.41, 5.74) is 0.530. The summed E-state index contributed by atoms with van der Waals surface area (Å²) >= 11 is 0. The number of amides is 1. The van der Waals surface area contributed by atoms with E-state index in [1.165, 1.54) is 19.3 Å². The lowest BCUT2D eigenvalue weighted by Gasteiger charge is -2.32. The van der Waals surface area contributed by atoms with Gasteiger partial charge in [-0.2, -0.15) is 0 Å². The number of hydrogen-bond donors (Lipinski definition) is 1. The Hall–Kier alpha value is -0.610. The first-order valence-corrected chi connectivity index (χ1v) is 6.82. The summed E-state index contributed by atoms with van der Waals surface area (Å²) < 4.78 is 0. The molecule has 1 heterocycles. The van der Waals surface area contributed by atoms with E-state index in [0.717, 1.165) is 32.7 Å². The smallest absolute Gasteiger partial charge is 0.236 e. The van der Waals surface area contributed by atoms with Crippen LogP contribution in [-0.4, -0.2) is 62.0 Å². The van der Waals surface area contributed by atoms with Gasteiger partial charge in [0.25, 0.3) is 0 Å². The Balaban J connectivity index is 1.64. The van der Waals surface area contributed by atoms with Gasteiger partial charge in [-0.3, -0.25) is 4.79 Å². The number of hydrogen-bond acceptors (Lipinski definition) is 3. The standard InChI is InChI=1S/C13H25N3O/c1-3-13(4-5-13)11-14-10-12(17)16-8-6-15(2)7-9-16/h14H,3-11H2,1-2H3. The number of likely N-dealkylation sites (N-methyl/N-ethyl adjacent to an activating group) is 1. The molecule has 17 heavy (non-hydrogen) atoms. The number of nitrogens with zero attached hydrogens (tertiary/aromatic N) is 2. The van der Waals surface area contributed by atoms with E-state index in [-0.39, 0.29) is 5.91 Å². The molecule has 1 aliphatic carbocycles. The van der Waals surface area contributed by atoms with Crippen LogP contribution in [0.25, 0.3) is 0 Å². The summed E-state index contributed by atoms with van der Waals surface area (Å²) in [6.07, 6.45) is 3.90. The summed E-state index contributed by atoms with van der Waals surface area (Å²) in [7, 11) is 2.11. The highest BCUT2D eigenvalue weighted by Gasteiger charge is 2.40. The topological polar surface area (TPSA) is 35.6 Å². The maximum Gasteiger partial charge on any atom is 0.236 e. The van der Waals surface area contributed by atoms with Crippen LogP contribution in [0.5, 0.6) is 0 Å². The second-order valence-corrected chi connectivity index (χ2v) is 5.64. The van der Waals surface area contributed by atoms with E-state index in [4.69, 9.17) is 0 Å². The van der Waals surface area contributed by atoms with Crippen molar-refractivity contribution >= 4 is 5.91 Å². The molecule has 4 heteroatoms. The molecule has 2 fully saturated rings. The van der Waals surface area contributed by atoms with E-state index < -0.39 is 0 Å². The molecule has 4 nitrogen and oxygen atoms in total. The van der Waals surface area contributed by atoms with E-state index in [2.05, 4.69) is 24.2 Å². The van der Waals surface area contributed by atoms with E-state index in [1.54, 1.807) is 0 Å². The minimum atomic E-state index is 0.269. The van der Waals surface area contributed by atoms with E-state index in [9.17, 15) is 4.79 Å². The van der Waals surface area contributed by atoms with Crippen LogP contribution in [0.3, 0.4) is 0 Å². The fourth-order valence-electron chi connectivity index (χ4n) is 2.43. The third-order valence-corrected chi connectivity index (χ3v) is 4.34. The molecule has 1 amide bonds. The average molecular weight is 239 g/mol. The van der Waals surface area contributed by atoms with E-state index >= 15 is 0 Å². The van der Waals surface area contributed by atoms with Gasteiger partial charge in [-0.25, -0.2) is 0 Å². The first kappa shape index (κ1) is 12.8. The van der Waals surface area contributed by atoms with Crippen LogP contribution in [-0.2, 0) is 4.79 Å². The van der Waals surface area contributed by atoms with Crippen LogP contribution in [0.2, 0.25) is 0 Å².